The van der Waals surface area contributed by atoms with Crippen LogP contribution in [0.5, 0.6) is 5.75 Å². The molecule has 0 aliphatic carbocycles. The van der Waals surface area contributed by atoms with E-state index in [4.69, 9.17) is 26.2 Å². The topological polar surface area (TPSA) is 77.8 Å². The average Bonchev–Trinajstić information content (AvgIpc) is 3.16. The summed E-state index contributed by atoms with van der Waals surface area (Å²) in [6, 6.07) is 5.06. The predicted octanol–water partition coefficient (Wildman–Crippen LogP) is 4.01. The largest absolute Gasteiger partial charge is 0.486 e. The van der Waals surface area contributed by atoms with Gasteiger partial charge in [0.15, 0.2) is 5.43 Å². The van der Waals surface area contributed by atoms with Crippen LogP contribution in [0.4, 0.5) is 0 Å². The van der Waals surface area contributed by atoms with E-state index in [1.165, 1.54) is 18.7 Å². The molecule has 1 saturated heterocycles. The number of aromatic carboxylic acids is 1. The molecule has 0 spiro atoms. The molecule has 0 amide bonds. The van der Waals surface area contributed by atoms with Gasteiger partial charge < -0.3 is 19.1 Å². The summed E-state index contributed by atoms with van der Waals surface area (Å²) in [5.41, 5.74) is 1.81. The zero-order chi connectivity index (χ0) is 20.3. The Morgan fingerprint density at radius 1 is 1.36 bits per heavy atom. The lowest BCUT2D eigenvalue weighted by Crippen LogP contribution is -2.22. The third-order valence-electron chi connectivity index (χ3n) is 4.60. The number of benzene rings is 1. The minimum Gasteiger partial charge on any atom is -0.486 e. The maximum atomic E-state index is 12.1. The first-order valence-electron chi connectivity index (χ1n) is 9.49. The Labute approximate surface area is 168 Å². The molecule has 0 saturated carbocycles. The Bertz CT molecular complexity index is 931. The third-order valence-corrected chi connectivity index (χ3v) is 4.89. The molecule has 1 aromatic heterocycles. The van der Waals surface area contributed by atoms with Crippen molar-refractivity contribution < 1.29 is 19.4 Å². The smallest absolute Gasteiger partial charge is 0.341 e. The van der Waals surface area contributed by atoms with Crippen molar-refractivity contribution in [3.63, 3.8) is 0 Å². The van der Waals surface area contributed by atoms with Gasteiger partial charge in [0.05, 0.1) is 23.9 Å². The van der Waals surface area contributed by atoms with Crippen LogP contribution in [0.2, 0.25) is 5.02 Å². The number of aromatic nitrogens is 1. The Balaban J connectivity index is 0.000000706. The molecular formula is C21H24ClNO5. The number of halogens is 1. The molecule has 0 bridgehead atoms. The van der Waals surface area contributed by atoms with Crippen LogP contribution < -0.4 is 10.2 Å². The monoisotopic (exact) mass is 405 g/mol. The van der Waals surface area contributed by atoms with E-state index < -0.39 is 11.4 Å². The van der Waals surface area contributed by atoms with Gasteiger partial charge in [-0.1, -0.05) is 31.9 Å². The van der Waals surface area contributed by atoms with Gasteiger partial charge in [0.2, 0.25) is 0 Å². The summed E-state index contributed by atoms with van der Waals surface area (Å²) in [6.07, 6.45) is 4.20. The summed E-state index contributed by atoms with van der Waals surface area (Å²) in [4.78, 5) is 23.2. The van der Waals surface area contributed by atoms with Crippen LogP contribution in [0, 0.1) is 0 Å². The molecule has 150 valence electrons. The van der Waals surface area contributed by atoms with Crippen molar-refractivity contribution >= 4 is 17.6 Å². The fourth-order valence-electron chi connectivity index (χ4n) is 3.31. The maximum Gasteiger partial charge on any atom is 0.341 e. The molecule has 4 rings (SSSR count). The molecule has 1 aromatic carbocycles. The molecule has 7 heteroatoms. The van der Waals surface area contributed by atoms with Crippen molar-refractivity contribution in [1.29, 1.82) is 0 Å². The first kappa shape index (κ1) is 20.4. The van der Waals surface area contributed by atoms with Crippen molar-refractivity contribution in [2.24, 2.45) is 0 Å². The van der Waals surface area contributed by atoms with Gasteiger partial charge in [0.1, 0.15) is 17.4 Å². The van der Waals surface area contributed by atoms with Crippen LogP contribution in [0.15, 0.2) is 29.2 Å². The van der Waals surface area contributed by atoms with E-state index in [1.807, 2.05) is 6.07 Å². The zero-order valence-corrected chi connectivity index (χ0v) is 16.8. The Morgan fingerprint density at radius 2 is 2.11 bits per heavy atom. The van der Waals surface area contributed by atoms with Crippen molar-refractivity contribution in [3.8, 4) is 17.0 Å². The molecule has 2 aliphatic rings. The molecule has 1 unspecified atom stereocenters. The molecular weight excluding hydrogens is 382 g/mol. The van der Waals surface area contributed by atoms with Crippen molar-refractivity contribution in [1.82, 2.24) is 4.57 Å². The van der Waals surface area contributed by atoms with E-state index in [0.29, 0.717) is 42.6 Å². The van der Waals surface area contributed by atoms with Gasteiger partial charge in [-0.3, -0.25) is 4.79 Å². The lowest BCUT2D eigenvalue weighted by Gasteiger charge is -2.24. The quantitative estimate of drug-likeness (QED) is 0.834. The average molecular weight is 406 g/mol. The minimum absolute atomic E-state index is 0.00664. The van der Waals surface area contributed by atoms with Crippen LogP contribution in [-0.2, 0) is 17.7 Å². The fourth-order valence-corrected chi connectivity index (χ4v) is 3.52. The van der Waals surface area contributed by atoms with E-state index in [-0.39, 0.29) is 11.7 Å². The summed E-state index contributed by atoms with van der Waals surface area (Å²) >= 11 is 6.38. The number of carbonyl (C=O) groups is 1. The molecule has 6 nitrogen and oxygen atoms in total. The number of carboxylic acids is 1. The van der Waals surface area contributed by atoms with Gasteiger partial charge >= 0.3 is 5.97 Å². The summed E-state index contributed by atoms with van der Waals surface area (Å²) in [6.45, 7) is 6.09. The number of nitrogens with zero attached hydrogens (tertiary/aromatic N) is 1. The van der Waals surface area contributed by atoms with Crippen molar-refractivity contribution in [3.05, 3.63) is 50.8 Å². The highest BCUT2D eigenvalue weighted by Gasteiger charge is 2.23. The van der Waals surface area contributed by atoms with Gasteiger partial charge in [-0.05, 0) is 24.1 Å². The van der Waals surface area contributed by atoms with Crippen molar-refractivity contribution in [2.45, 2.75) is 45.8 Å². The minimum atomic E-state index is -1.22. The first-order chi connectivity index (χ1) is 13.4. The highest BCUT2D eigenvalue weighted by molar-refractivity contribution is 6.32. The summed E-state index contributed by atoms with van der Waals surface area (Å²) in [5, 5.41) is 9.58. The standard InChI is InChI=1S/C18H16ClNO5.C3H8/c19-14-6-12-10(5-17(14)25-11-2-4-24-9-11)1-3-20-8-13(18(22)23)16(21)7-15(12)20;1-3-2/h5-8,11H,1-4,9H2,(H,22,23);3H2,1-2H3. The second kappa shape index (κ2) is 8.80. The zero-order valence-electron chi connectivity index (χ0n) is 16.0. The number of carboxylic acid groups (broad SMARTS) is 1. The molecule has 0 radical (unpaired) electrons. The molecule has 2 aliphatic heterocycles. The van der Waals surface area contributed by atoms with Crippen LogP contribution in [-0.4, -0.2) is 35.0 Å². The normalized spacial score (nSPS) is 17.2. The van der Waals surface area contributed by atoms with E-state index in [1.54, 1.807) is 10.6 Å². The van der Waals surface area contributed by atoms with E-state index in [2.05, 4.69) is 13.8 Å². The SMILES string of the molecule is CCC.O=C(O)c1cn2c(cc1=O)-c1cc(Cl)c(OC3CCOC3)cc1CC2. The second-order valence-electron chi connectivity index (χ2n) is 6.94. The van der Waals surface area contributed by atoms with Gasteiger partial charge in [0, 0.05) is 30.8 Å². The fraction of sp³-hybridized carbons (Fsp3) is 0.429. The number of hydrogen-bond acceptors (Lipinski definition) is 4. The van der Waals surface area contributed by atoms with Crippen LogP contribution in [0.3, 0.4) is 0 Å². The number of ether oxygens (including phenoxy) is 2. The maximum absolute atomic E-state index is 12.1. The molecule has 1 fully saturated rings. The van der Waals surface area contributed by atoms with Gasteiger partial charge in [-0.2, -0.15) is 0 Å². The highest BCUT2D eigenvalue weighted by atomic mass is 35.5. The highest BCUT2D eigenvalue weighted by Crippen LogP contribution is 2.37. The Kier molecular flexibility index (Phi) is 6.42. The lowest BCUT2D eigenvalue weighted by atomic mass is 9.96. The molecule has 28 heavy (non-hydrogen) atoms. The molecule has 2 aromatic rings. The second-order valence-corrected chi connectivity index (χ2v) is 7.34. The Hall–Kier alpha value is -2.31. The van der Waals surface area contributed by atoms with Gasteiger partial charge in [-0.25, -0.2) is 4.79 Å². The van der Waals surface area contributed by atoms with Crippen molar-refractivity contribution in [2.75, 3.05) is 13.2 Å². The predicted molar refractivity (Wildman–Crippen MR) is 108 cm³/mol. The summed E-state index contributed by atoms with van der Waals surface area (Å²) in [7, 11) is 0. The molecule has 1 atom stereocenters. The Morgan fingerprint density at radius 3 is 2.75 bits per heavy atom. The van der Waals surface area contributed by atoms with Crippen LogP contribution in [0.25, 0.3) is 11.3 Å². The number of hydrogen-bond donors (Lipinski definition) is 1. The first-order valence-corrected chi connectivity index (χ1v) is 9.87. The number of rotatable bonds is 3. The number of fused-ring (bicyclic) bond motifs is 3. The van der Waals surface area contributed by atoms with Gasteiger partial charge in [-0.15, -0.1) is 0 Å². The number of pyridine rings is 1. The van der Waals surface area contributed by atoms with Crippen LogP contribution in [0.1, 0.15) is 42.6 Å². The van der Waals surface area contributed by atoms with Gasteiger partial charge in [0.25, 0.3) is 0 Å². The third kappa shape index (κ3) is 4.23. The van der Waals surface area contributed by atoms with E-state index in [9.17, 15) is 9.59 Å². The van der Waals surface area contributed by atoms with Crippen LogP contribution >= 0.6 is 11.6 Å². The summed E-state index contributed by atoms with van der Waals surface area (Å²) in [5.74, 6) is -0.597. The van der Waals surface area contributed by atoms with E-state index >= 15 is 0 Å². The summed E-state index contributed by atoms with van der Waals surface area (Å²) < 4.78 is 13.0. The number of aryl methyl sites for hydroxylation is 2. The van der Waals surface area contributed by atoms with E-state index in [0.717, 1.165) is 17.5 Å². The molecule has 1 N–H and O–H groups in total. The molecule has 3 heterocycles. The lowest BCUT2D eigenvalue weighted by molar-refractivity contribution is 0.0694.